The Bertz CT molecular complexity index is 1140. The maximum absolute atomic E-state index is 12.6. The van der Waals surface area contributed by atoms with Crippen LogP contribution in [0.15, 0.2) is 48.5 Å². The number of nitrogens with one attached hydrogen (secondary N) is 1. The van der Waals surface area contributed by atoms with E-state index >= 15 is 0 Å². The molecule has 32 heavy (non-hydrogen) atoms. The molecule has 0 bridgehead atoms. The van der Waals surface area contributed by atoms with Gasteiger partial charge in [0.05, 0.1) is 28.9 Å². The predicted octanol–water partition coefficient (Wildman–Crippen LogP) is 2.56. The zero-order chi connectivity index (χ0) is 22.7. The van der Waals surface area contributed by atoms with E-state index in [0.29, 0.717) is 17.2 Å². The standard InChI is InChI=1S/C22H20N4O5S/c1-2-25(22-24-16-5-3-4-6-17(16)32-22)19(28)13-31-20(29)15-9-7-14(8-10-15)12-26-18(27)11-23-21(26)30/h3-10H,2,11-13H2,1H3,(H,23,30). The van der Waals surface area contributed by atoms with Crippen LogP contribution in [-0.2, 0) is 20.9 Å². The normalized spacial score (nSPS) is 13.3. The van der Waals surface area contributed by atoms with E-state index in [0.717, 1.165) is 15.1 Å². The van der Waals surface area contributed by atoms with Gasteiger partial charge in [-0.05, 0) is 36.8 Å². The minimum atomic E-state index is -0.639. The predicted molar refractivity (Wildman–Crippen MR) is 118 cm³/mol. The van der Waals surface area contributed by atoms with Crippen LogP contribution < -0.4 is 10.2 Å². The second-order valence-electron chi connectivity index (χ2n) is 7.01. The minimum absolute atomic E-state index is 0.0108. The molecule has 2 aromatic carbocycles. The number of hydrogen-bond donors (Lipinski definition) is 1. The topological polar surface area (TPSA) is 109 Å². The van der Waals surface area contributed by atoms with E-state index in [4.69, 9.17) is 4.74 Å². The number of likely N-dealkylation sites (N-methyl/N-ethyl adjacent to an activating group) is 1. The Morgan fingerprint density at radius 2 is 1.91 bits per heavy atom. The van der Waals surface area contributed by atoms with Crippen molar-refractivity contribution in [1.29, 1.82) is 0 Å². The molecule has 0 atom stereocenters. The summed E-state index contributed by atoms with van der Waals surface area (Å²) in [5.41, 5.74) is 1.77. The van der Waals surface area contributed by atoms with Gasteiger partial charge in [-0.25, -0.2) is 14.6 Å². The molecule has 1 aliphatic rings. The quantitative estimate of drug-likeness (QED) is 0.436. The van der Waals surface area contributed by atoms with Crippen molar-refractivity contribution in [3.8, 4) is 0 Å². The number of imide groups is 1. The SMILES string of the molecule is CCN(C(=O)COC(=O)c1ccc(CN2C(=O)CNC2=O)cc1)c1nc2ccccc2s1. The van der Waals surface area contributed by atoms with Gasteiger partial charge in [-0.2, -0.15) is 0 Å². The second-order valence-corrected chi connectivity index (χ2v) is 8.02. The van der Waals surface area contributed by atoms with Crippen molar-refractivity contribution < 1.29 is 23.9 Å². The molecule has 4 rings (SSSR count). The highest BCUT2D eigenvalue weighted by molar-refractivity contribution is 7.22. The van der Waals surface area contributed by atoms with E-state index in [2.05, 4.69) is 10.3 Å². The molecule has 3 aromatic rings. The Hall–Kier alpha value is -3.79. The number of rotatable bonds is 7. The van der Waals surface area contributed by atoms with Crippen LogP contribution in [0.3, 0.4) is 0 Å². The molecular formula is C22H20N4O5S. The Morgan fingerprint density at radius 1 is 1.16 bits per heavy atom. The molecule has 0 radical (unpaired) electrons. The lowest BCUT2D eigenvalue weighted by Crippen LogP contribution is -2.34. The van der Waals surface area contributed by atoms with Crippen LogP contribution in [0.1, 0.15) is 22.8 Å². The van der Waals surface area contributed by atoms with Crippen molar-refractivity contribution in [1.82, 2.24) is 15.2 Å². The molecule has 10 heteroatoms. The third-order valence-electron chi connectivity index (χ3n) is 4.92. The molecule has 9 nitrogen and oxygen atoms in total. The summed E-state index contributed by atoms with van der Waals surface area (Å²) in [5.74, 6) is -1.30. The summed E-state index contributed by atoms with van der Waals surface area (Å²) < 4.78 is 6.16. The van der Waals surface area contributed by atoms with Gasteiger partial charge in [0.2, 0.25) is 5.91 Å². The number of carbonyl (C=O) groups excluding carboxylic acids is 4. The van der Waals surface area contributed by atoms with Crippen LogP contribution in [0, 0.1) is 0 Å². The molecular weight excluding hydrogens is 432 g/mol. The fourth-order valence-corrected chi connectivity index (χ4v) is 4.27. The van der Waals surface area contributed by atoms with Crippen molar-refractivity contribution >= 4 is 50.5 Å². The number of anilines is 1. The van der Waals surface area contributed by atoms with Gasteiger partial charge in [0, 0.05) is 6.54 Å². The zero-order valence-electron chi connectivity index (χ0n) is 17.2. The number of benzene rings is 2. The summed E-state index contributed by atoms with van der Waals surface area (Å²) in [6.45, 7) is 1.92. The van der Waals surface area contributed by atoms with Gasteiger partial charge < -0.3 is 10.1 Å². The summed E-state index contributed by atoms with van der Waals surface area (Å²) in [6.07, 6.45) is 0. The molecule has 1 aliphatic heterocycles. The van der Waals surface area contributed by atoms with Crippen LogP contribution in [-0.4, -0.2) is 53.4 Å². The van der Waals surface area contributed by atoms with Crippen LogP contribution >= 0.6 is 11.3 Å². The number of esters is 1. The average Bonchev–Trinajstić information content (AvgIpc) is 3.36. The van der Waals surface area contributed by atoms with E-state index in [1.807, 2.05) is 31.2 Å². The van der Waals surface area contributed by atoms with Crippen molar-refractivity contribution in [3.63, 3.8) is 0 Å². The number of nitrogens with zero attached hydrogens (tertiary/aromatic N) is 3. The van der Waals surface area contributed by atoms with Crippen LogP contribution in [0.4, 0.5) is 9.93 Å². The van der Waals surface area contributed by atoms with Gasteiger partial charge in [-0.1, -0.05) is 35.6 Å². The molecule has 0 aliphatic carbocycles. The third kappa shape index (κ3) is 4.45. The smallest absolute Gasteiger partial charge is 0.338 e. The van der Waals surface area contributed by atoms with E-state index in [1.54, 1.807) is 12.1 Å². The first kappa shape index (κ1) is 21.4. The lowest BCUT2D eigenvalue weighted by Gasteiger charge is -2.17. The Morgan fingerprint density at radius 3 is 2.56 bits per heavy atom. The molecule has 1 saturated heterocycles. The van der Waals surface area contributed by atoms with Crippen LogP contribution in [0.2, 0.25) is 0 Å². The number of hydrogen-bond acceptors (Lipinski definition) is 7. The molecule has 0 saturated carbocycles. The molecule has 0 unspecified atom stereocenters. The molecule has 2 heterocycles. The number of fused-ring (bicyclic) bond motifs is 1. The number of aromatic nitrogens is 1. The van der Waals surface area contributed by atoms with Gasteiger partial charge in [0.1, 0.15) is 0 Å². The highest BCUT2D eigenvalue weighted by atomic mass is 32.1. The van der Waals surface area contributed by atoms with Crippen molar-refractivity contribution in [3.05, 3.63) is 59.7 Å². The first-order valence-electron chi connectivity index (χ1n) is 9.96. The minimum Gasteiger partial charge on any atom is -0.452 e. The lowest BCUT2D eigenvalue weighted by molar-refractivity contribution is -0.125. The summed E-state index contributed by atoms with van der Waals surface area (Å²) >= 11 is 1.40. The van der Waals surface area contributed by atoms with Gasteiger partial charge in [-0.15, -0.1) is 0 Å². The molecule has 1 aromatic heterocycles. The Balaban J connectivity index is 1.35. The largest absolute Gasteiger partial charge is 0.452 e. The summed E-state index contributed by atoms with van der Waals surface area (Å²) in [6, 6.07) is 13.5. The number of para-hydroxylation sites is 1. The average molecular weight is 452 g/mol. The van der Waals surface area contributed by atoms with Gasteiger partial charge in [0.15, 0.2) is 11.7 Å². The maximum Gasteiger partial charge on any atom is 0.338 e. The van der Waals surface area contributed by atoms with Gasteiger partial charge in [-0.3, -0.25) is 19.4 Å². The van der Waals surface area contributed by atoms with Gasteiger partial charge in [0.25, 0.3) is 5.91 Å². The first-order valence-corrected chi connectivity index (χ1v) is 10.8. The van der Waals surface area contributed by atoms with Crippen molar-refractivity contribution in [2.45, 2.75) is 13.5 Å². The molecule has 1 N–H and O–H groups in total. The highest BCUT2D eigenvalue weighted by Gasteiger charge is 2.28. The van der Waals surface area contributed by atoms with Gasteiger partial charge >= 0.3 is 12.0 Å². The molecule has 0 spiro atoms. The molecule has 164 valence electrons. The van der Waals surface area contributed by atoms with E-state index in [9.17, 15) is 19.2 Å². The van der Waals surface area contributed by atoms with Crippen LogP contribution in [0.5, 0.6) is 0 Å². The van der Waals surface area contributed by atoms with Crippen molar-refractivity contribution in [2.24, 2.45) is 0 Å². The van der Waals surface area contributed by atoms with Crippen molar-refractivity contribution in [2.75, 3.05) is 24.6 Å². The summed E-state index contributed by atoms with van der Waals surface area (Å²) in [7, 11) is 0. The zero-order valence-corrected chi connectivity index (χ0v) is 18.1. The number of thiazole rings is 1. The number of ether oxygens (including phenoxy) is 1. The third-order valence-corrected chi connectivity index (χ3v) is 5.98. The van der Waals surface area contributed by atoms with Crippen LogP contribution in [0.25, 0.3) is 10.2 Å². The summed E-state index contributed by atoms with van der Waals surface area (Å²) in [5, 5.41) is 3.01. The number of urea groups is 1. The number of amides is 4. The molecule has 4 amide bonds. The molecule has 1 fully saturated rings. The maximum atomic E-state index is 12.6. The highest BCUT2D eigenvalue weighted by Crippen LogP contribution is 2.28. The lowest BCUT2D eigenvalue weighted by atomic mass is 10.1. The van der Waals surface area contributed by atoms with E-state index in [-0.39, 0.29) is 30.5 Å². The second kappa shape index (κ2) is 9.15. The Kier molecular flexibility index (Phi) is 6.13. The monoisotopic (exact) mass is 452 g/mol. The van der Waals surface area contributed by atoms with E-state index < -0.39 is 18.6 Å². The first-order chi connectivity index (χ1) is 15.5. The number of carbonyl (C=O) groups is 4. The summed E-state index contributed by atoms with van der Waals surface area (Å²) in [4.78, 5) is 55.4. The fourth-order valence-electron chi connectivity index (χ4n) is 3.23. The van der Waals surface area contributed by atoms with E-state index in [1.165, 1.54) is 28.4 Å². The fraction of sp³-hybridized carbons (Fsp3) is 0.227. The Labute approximate surface area is 187 Å².